The first-order chi connectivity index (χ1) is 9.20. The zero-order chi connectivity index (χ0) is 13.2. The van der Waals surface area contributed by atoms with E-state index in [0.29, 0.717) is 5.54 Å². The van der Waals surface area contributed by atoms with E-state index in [1.807, 2.05) is 0 Å². The molecule has 19 heavy (non-hydrogen) atoms. The summed E-state index contributed by atoms with van der Waals surface area (Å²) in [5, 5.41) is 3.88. The molecule has 0 aromatic rings. The fraction of sp³-hybridized carbons (Fsp3) is 1.00. The molecule has 3 heteroatoms. The molecular formula is C16H30N2O. The topological polar surface area (TPSA) is 24.5 Å². The van der Waals surface area contributed by atoms with Crippen LogP contribution in [0.3, 0.4) is 0 Å². The molecule has 3 fully saturated rings. The second kappa shape index (κ2) is 5.71. The zero-order valence-corrected chi connectivity index (χ0v) is 12.5. The fourth-order valence-corrected chi connectivity index (χ4v) is 4.35. The lowest BCUT2D eigenvalue weighted by atomic mass is 9.81. The second-order valence-corrected chi connectivity index (χ2v) is 7.23. The monoisotopic (exact) mass is 266 g/mol. The molecule has 1 aliphatic carbocycles. The molecule has 3 aliphatic rings. The minimum Gasteiger partial charge on any atom is -0.374 e. The van der Waals surface area contributed by atoms with Crippen molar-refractivity contribution in [1.29, 1.82) is 0 Å². The van der Waals surface area contributed by atoms with Gasteiger partial charge in [0.15, 0.2) is 0 Å². The summed E-state index contributed by atoms with van der Waals surface area (Å²) in [5.41, 5.74) is 0.546. The van der Waals surface area contributed by atoms with Crippen molar-refractivity contribution in [2.75, 3.05) is 32.8 Å². The summed E-state index contributed by atoms with van der Waals surface area (Å²) in [4.78, 5) is 2.69. The maximum atomic E-state index is 6.00. The van der Waals surface area contributed by atoms with Crippen LogP contribution in [0.15, 0.2) is 0 Å². The third-order valence-corrected chi connectivity index (χ3v) is 5.35. The zero-order valence-electron chi connectivity index (χ0n) is 12.5. The first kappa shape index (κ1) is 13.8. The van der Waals surface area contributed by atoms with Crippen molar-refractivity contribution in [2.24, 2.45) is 0 Å². The van der Waals surface area contributed by atoms with E-state index in [1.54, 1.807) is 0 Å². The summed E-state index contributed by atoms with van der Waals surface area (Å²) in [6.45, 7) is 8.10. The highest BCUT2D eigenvalue weighted by Gasteiger charge is 2.38. The maximum absolute atomic E-state index is 6.00. The van der Waals surface area contributed by atoms with E-state index in [1.165, 1.54) is 71.0 Å². The Labute approximate surface area is 118 Å². The lowest BCUT2D eigenvalue weighted by Crippen LogP contribution is -2.54. The van der Waals surface area contributed by atoms with Crippen LogP contribution >= 0.6 is 0 Å². The van der Waals surface area contributed by atoms with Gasteiger partial charge in [0.2, 0.25) is 0 Å². The molecule has 2 saturated heterocycles. The third kappa shape index (κ3) is 3.32. The van der Waals surface area contributed by atoms with Crippen LogP contribution in [-0.4, -0.2) is 48.8 Å². The molecular weight excluding hydrogens is 236 g/mol. The number of nitrogens with one attached hydrogen (secondary N) is 1. The van der Waals surface area contributed by atoms with Gasteiger partial charge < -0.3 is 10.1 Å². The van der Waals surface area contributed by atoms with Crippen molar-refractivity contribution in [1.82, 2.24) is 10.2 Å². The lowest BCUT2D eigenvalue weighted by molar-refractivity contribution is -0.0138. The van der Waals surface area contributed by atoms with Gasteiger partial charge in [0.25, 0.3) is 0 Å². The SMILES string of the molecule is CC1(CN2CCCNC3(CCCCC3)C2)CCCO1. The Bertz CT molecular complexity index is 293. The predicted molar refractivity (Wildman–Crippen MR) is 78.5 cm³/mol. The summed E-state index contributed by atoms with van der Waals surface area (Å²) < 4.78 is 6.00. The molecule has 3 nitrogen and oxygen atoms in total. The van der Waals surface area contributed by atoms with E-state index in [-0.39, 0.29) is 5.60 Å². The molecule has 110 valence electrons. The Morgan fingerprint density at radius 2 is 1.89 bits per heavy atom. The van der Waals surface area contributed by atoms with Crippen LogP contribution in [0, 0.1) is 0 Å². The quantitative estimate of drug-likeness (QED) is 0.831. The molecule has 1 unspecified atom stereocenters. The molecule has 3 rings (SSSR count). The average Bonchev–Trinajstić information content (AvgIpc) is 2.73. The van der Waals surface area contributed by atoms with Crippen LogP contribution in [0.1, 0.15) is 58.3 Å². The summed E-state index contributed by atoms with van der Waals surface area (Å²) >= 11 is 0. The number of hydrogen-bond acceptors (Lipinski definition) is 3. The lowest BCUT2D eigenvalue weighted by Gasteiger charge is -2.41. The average molecular weight is 266 g/mol. The van der Waals surface area contributed by atoms with Gasteiger partial charge in [0, 0.05) is 25.2 Å². The van der Waals surface area contributed by atoms with E-state index in [0.717, 1.165) is 13.2 Å². The summed E-state index contributed by atoms with van der Waals surface area (Å²) in [5.74, 6) is 0. The van der Waals surface area contributed by atoms with Gasteiger partial charge in [-0.1, -0.05) is 19.3 Å². The Kier molecular flexibility index (Phi) is 4.16. The van der Waals surface area contributed by atoms with Crippen LogP contribution in [0.25, 0.3) is 0 Å². The Balaban J connectivity index is 1.63. The summed E-state index contributed by atoms with van der Waals surface area (Å²) in [6.07, 6.45) is 10.8. The smallest absolute Gasteiger partial charge is 0.0781 e. The first-order valence-corrected chi connectivity index (χ1v) is 8.31. The molecule has 1 atom stereocenters. The van der Waals surface area contributed by atoms with E-state index >= 15 is 0 Å². The molecule has 2 aliphatic heterocycles. The van der Waals surface area contributed by atoms with Gasteiger partial charge in [0.05, 0.1) is 5.60 Å². The third-order valence-electron chi connectivity index (χ3n) is 5.35. The molecule has 1 spiro atoms. The van der Waals surface area contributed by atoms with Gasteiger partial charge in [-0.3, -0.25) is 4.90 Å². The number of rotatable bonds is 2. The van der Waals surface area contributed by atoms with E-state index in [2.05, 4.69) is 17.1 Å². The molecule has 1 saturated carbocycles. The maximum Gasteiger partial charge on any atom is 0.0781 e. The minimum atomic E-state index is 0.125. The largest absolute Gasteiger partial charge is 0.374 e. The van der Waals surface area contributed by atoms with E-state index in [4.69, 9.17) is 4.74 Å². The highest BCUT2D eigenvalue weighted by atomic mass is 16.5. The summed E-state index contributed by atoms with van der Waals surface area (Å²) in [7, 11) is 0. The van der Waals surface area contributed by atoms with Crippen molar-refractivity contribution < 1.29 is 4.74 Å². The van der Waals surface area contributed by atoms with Gasteiger partial charge in [-0.15, -0.1) is 0 Å². The van der Waals surface area contributed by atoms with E-state index in [9.17, 15) is 0 Å². The summed E-state index contributed by atoms with van der Waals surface area (Å²) in [6, 6.07) is 0. The van der Waals surface area contributed by atoms with Crippen molar-refractivity contribution >= 4 is 0 Å². The van der Waals surface area contributed by atoms with Gasteiger partial charge in [-0.2, -0.15) is 0 Å². The number of ether oxygens (including phenoxy) is 1. The fourth-order valence-electron chi connectivity index (χ4n) is 4.35. The first-order valence-electron chi connectivity index (χ1n) is 8.31. The van der Waals surface area contributed by atoms with Gasteiger partial charge in [-0.25, -0.2) is 0 Å². The number of nitrogens with zero attached hydrogens (tertiary/aromatic N) is 1. The molecule has 0 bridgehead atoms. The minimum absolute atomic E-state index is 0.125. The predicted octanol–water partition coefficient (Wildman–Crippen LogP) is 2.55. The number of hydrogen-bond donors (Lipinski definition) is 1. The van der Waals surface area contributed by atoms with Crippen LogP contribution in [0.2, 0.25) is 0 Å². The highest BCUT2D eigenvalue weighted by molar-refractivity contribution is 4.97. The van der Waals surface area contributed by atoms with Crippen LogP contribution in [0.5, 0.6) is 0 Å². The van der Waals surface area contributed by atoms with E-state index < -0.39 is 0 Å². The van der Waals surface area contributed by atoms with Crippen molar-refractivity contribution in [3.8, 4) is 0 Å². The van der Waals surface area contributed by atoms with Gasteiger partial charge in [0.1, 0.15) is 0 Å². The van der Waals surface area contributed by atoms with Crippen LogP contribution in [-0.2, 0) is 4.74 Å². The molecule has 0 aromatic carbocycles. The Morgan fingerprint density at radius 3 is 2.63 bits per heavy atom. The molecule has 0 amide bonds. The van der Waals surface area contributed by atoms with Gasteiger partial charge >= 0.3 is 0 Å². The van der Waals surface area contributed by atoms with Crippen LogP contribution < -0.4 is 5.32 Å². The Hall–Kier alpha value is -0.120. The second-order valence-electron chi connectivity index (χ2n) is 7.23. The van der Waals surface area contributed by atoms with Gasteiger partial charge in [-0.05, 0) is 52.1 Å². The normalized spacial score (nSPS) is 36.5. The molecule has 0 aromatic heterocycles. The van der Waals surface area contributed by atoms with Crippen molar-refractivity contribution in [2.45, 2.75) is 69.4 Å². The van der Waals surface area contributed by atoms with Crippen molar-refractivity contribution in [3.05, 3.63) is 0 Å². The molecule has 1 N–H and O–H groups in total. The van der Waals surface area contributed by atoms with Crippen molar-refractivity contribution in [3.63, 3.8) is 0 Å². The Morgan fingerprint density at radius 1 is 1.05 bits per heavy atom. The van der Waals surface area contributed by atoms with Crippen LogP contribution in [0.4, 0.5) is 0 Å². The molecule has 0 radical (unpaired) electrons. The molecule has 2 heterocycles. The highest BCUT2D eigenvalue weighted by Crippen LogP contribution is 2.32. The standard InChI is InChI=1S/C16H30N2O/c1-15(7-5-12-19-15)13-18-11-6-10-17-16(14-18)8-3-2-4-9-16/h17H,2-14H2,1H3.